The summed E-state index contributed by atoms with van der Waals surface area (Å²) in [4.78, 5) is 43.0. The number of carbonyl (C=O) groups excluding carboxylic acids is 2. The molecule has 0 spiro atoms. The molecular formula is C27H25Cl3N8O2. The molecule has 1 unspecified atom stereocenters. The maximum atomic E-state index is 13.2. The van der Waals surface area contributed by atoms with Crippen molar-refractivity contribution >= 4 is 58.2 Å². The third-order valence-electron chi connectivity index (χ3n) is 6.42. The number of rotatable bonds is 7. The Hall–Kier alpha value is -3.86. The van der Waals surface area contributed by atoms with Crippen molar-refractivity contribution in [3.8, 4) is 5.95 Å². The van der Waals surface area contributed by atoms with E-state index in [0.717, 1.165) is 5.56 Å². The second-order valence-electron chi connectivity index (χ2n) is 9.14. The normalized spacial score (nSPS) is 15.1. The highest BCUT2D eigenvalue weighted by atomic mass is 35.5. The first-order valence-electron chi connectivity index (χ1n) is 12.5. The minimum absolute atomic E-state index is 0.147. The third-order valence-corrected chi connectivity index (χ3v) is 7.41. The maximum Gasteiger partial charge on any atom is 0.321 e. The average molecular weight is 600 g/mol. The van der Waals surface area contributed by atoms with Gasteiger partial charge in [-0.15, -0.1) is 0 Å². The van der Waals surface area contributed by atoms with Crippen LogP contribution in [0.2, 0.25) is 15.1 Å². The topological polar surface area (TPSA) is 108 Å². The number of hydrogen-bond acceptors (Lipinski definition) is 6. The van der Waals surface area contributed by atoms with Crippen LogP contribution < -0.4 is 15.5 Å². The molecule has 2 aromatic heterocycles. The van der Waals surface area contributed by atoms with Crippen molar-refractivity contribution < 1.29 is 9.59 Å². The number of aromatic nitrogens is 4. The molecule has 2 N–H and O–H groups in total. The number of imidazole rings is 1. The fourth-order valence-corrected chi connectivity index (χ4v) is 4.81. The lowest BCUT2D eigenvalue weighted by Crippen LogP contribution is -2.57. The van der Waals surface area contributed by atoms with E-state index in [4.69, 9.17) is 39.8 Å². The monoisotopic (exact) mass is 598 g/mol. The second-order valence-corrected chi connectivity index (χ2v) is 10.4. The highest BCUT2D eigenvalue weighted by molar-refractivity contribution is 6.42. The number of carbonyl (C=O) groups is 2. The molecule has 0 aliphatic carbocycles. The van der Waals surface area contributed by atoms with Gasteiger partial charge in [-0.3, -0.25) is 9.36 Å². The van der Waals surface area contributed by atoms with Gasteiger partial charge in [0, 0.05) is 61.9 Å². The average Bonchev–Trinajstić information content (AvgIpc) is 3.50. The van der Waals surface area contributed by atoms with Crippen LogP contribution in [0, 0.1) is 0 Å². The molecule has 1 aliphatic heterocycles. The summed E-state index contributed by atoms with van der Waals surface area (Å²) in [6.45, 7) is 1.54. The number of urea groups is 1. The Bertz CT molecular complexity index is 1480. The highest BCUT2D eigenvalue weighted by Gasteiger charge is 2.32. The Morgan fingerprint density at radius 2 is 1.80 bits per heavy atom. The molecule has 0 saturated carbocycles. The van der Waals surface area contributed by atoms with Gasteiger partial charge in [0.25, 0.3) is 0 Å². The summed E-state index contributed by atoms with van der Waals surface area (Å²) in [6.07, 6.45) is 6.83. The van der Waals surface area contributed by atoms with Gasteiger partial charge in [-0.2, -0.15) is 4.98 Å². The molecule has 0 bridgehead atoms. The standard InChI is InChI=1S/C27H25Cl3N8O2/c28-19-3-1-18(2-4-19)15-33-25(39)14-21-16-36(27(40)34-20-5-6-22(29)23(30)13-20)11-12-38(21)24-7-8-32-26(35-24)37-10-9-31-17-37/h1-10,13,17,21H,11-12,14-16H2,(H,33,39)(H,34,40). The van der Waals surface area contributed by atoms with Crippen molar-refractivity contribution in [3.63, 3.8) is 0 Å². The van der Waals surface area contributed by atoms with Crippen LogP contribution in [0.3, 0.4) is 0 Å². The fourth-order valence-electron chi connectivity index (χ4n) is 4.38. The summed E-state index contributed by atoms with van der Waals surface area (Å²) in [7, 11) is 0. The van der Waals surface area contributed by atoms with Gasteiger partial charge in [0.2, 0.25) is 11.9 Å². The van der Waals surface area contributed by atoms with Gasteiger partial charge >= 0.3 is 6.03 Å². The van der Waals surface area contributed by atoms with Crippen LogP contribution in [-0.2, 0) is 11.3 Å². The molecule has 13 heteroatoms. The zero-order valence-electron chi connectivity index (χ0n) is 21.2. The largest absolute Gasteiger partial charge is 0.352 e. The summed E-state index contributed by atoms with van der Waals surface area (Å²) in [5.41, 5.74) is 1.46. The smallest absolute Gasteiger partial charge is 0.321 e. The van der Waals surface area contributed by atoms with Crippen LogP contribution in [0.1, 0.15) is 12.0 Å². The Balaban J connectivity index is 1.32. The zero-order valence-corrected chi connectivity index (χ0v) is 23.4. The van der Waals surface area contributed by atoms with Crippen molar-refractivity contribution in [2.24, 2.45) is 0 Å². The lowest BCUT2D eigenvalue weighted by molar-refractivity contribution is -0.121. The molecule has 3 heterocycles. The van der Waals surface area contributed by atoms with Crippen LogP contribution in [0.4, 0.5) is 16.3 Å². The van der Waals surface area contributed by atoms with Crippen LogP contribution in [-0.4, -0.2) is 62.0 Å². The van der Waals surface area contributed by atoms with Crippen molar-refractivity contribution in [2.75, 3.05) is 29.9 Å². The lowest BCUT2D eigenvalue weighted by atomic mass is 10.1. The van der Waals surface area contributed by atoms with Crippen LogP contribution in [0.25, 0.3) is 5.95 Å². The minimum atomic E-state index is -0.343. The third kappa shape index (κ3) is 6.82. The van der Waals surface area contributed by atoms with Crippen molar-refractivity contribution in [1.82, 2.24) is 29.7 Å². The van der Waals surface area contributed by atoms with E-state index in [0.29, 0.717) is 58.7 Å². The zero-order chi connectivity index (χ0) is 28.1. The molecule has 0 radical (unpaired) electrons. The SMILES string of the molecule is O=C(CC1CN(C(=O)Nc2ccc(Cl)c(Cl)c2)CCN1c1ccnc(-n2ccnc2)n1)NCc1ccc(Cl)cc1. The lowest BCUT2D eigenvalue weighted by Gasteiger charge is -2.41. The van der Waals surface area contributed by atoms with Gasteiger partial charge in [0.05, 0.1) is 16.1 Å². The number of amides is 3. The van der Waals surface area contributed by atoms with Crippen molar-refractivity contribution in [1.29, 1.82) is 0 Å². The first-order chi connectivity index (χ1) is 19.4. The van der Waals surface area contributed by atoms with E-state index in [1.54, 1.807) is 70.8 Å². The highest BCUT2D eigenvalue weighted by Crippen LogP contribution is 2.26. The molecule has 4 aromatic rings. The number of piperazine rings is 1. The van der Waals surface area contributed by atoms with Gasteiger partial charge in [0.15, 0.2) is 0 Å². The Kier molecular flexibility index (Phi) is 8.69. The van der Waals surface area contributed by atoms with Crippen LogP contribution in [0.15, 0.2) is 73.4 Å². The number of hydrogen-bond donors (Lipinski definition) is 2. The van der Waals surface area contributed by atoms with Crippen molar-refractivity contribution in [2.45, 2.75) is 19.0 Å². The van der Waals surface area contributed by atoms with E-state index in [1.807, 2.05) is 17.0 Å². The van der Waals surface area contributed by atoms with E-state index in [1.165, 1.54) is 0 Å². The number of nitrogens with zero attached hydrogens (tertiary/aromatic N) is 6. The molecule has 1 aliphatic rings. The van der Waals surface area contributed by atoms with E-state index >= 15 is 0 Å². The molecule has 3 amide bonds. The molecule has 2 aromatic carbocycles. The van der Waals surface area contributed by atoms with E-state index in [9.17, 15) is 9.59 Å². The summed E-state index contributed by atoms with van der Waals surface area (Å²) in [5, 5.41) is 7.21. The summed E-state index contributed by atoms with van der Waals surface area (Å²) in [5.74, 6) is 0.958. The molecular weight excluding hydrogens is 575 g/mol. The Morgan fingerprint density at radius 1 is 0.975 bits per heavy atom. The molecule has 206 valence electrons. The van der Waals surface area contributed by atoms with Gasteiger partial charge in [-0.1, -0.05) is 46.9 Å². The van der Waals surface area contributed by atoms with E-state index < -0.39 is 0 Å². The van der Waals surface area contributed by atoms with Gasteiger partial charge in [-0.25, -0.2) is 14.8 Å². The first kappa shape index (κ1) is 27.7. The molecule has 5 rings (SSSR count). The first-order valence-corrected chi connectivity index (χ1v) is 13.6. The number of anilines is 2. The van der Waals surface area contributed by atoms with Gasteiger partial charge in [0.1, 0.15) is 12.1 Å². The maximum absolute atomic E-state index is 13.2. The van der Waals surface area contributed by atoms with E-state index in [-0.39, 0.29) is 24.4 Å². The Labute approximate surface area is 245 Å². The minimum Gasteiger partial charge on any atom is -0.352 e. The molecule has 40 heavy (non-hydrogen) atoms. The summed E-state index contributed by atoms with van der Waals surface area (Å²) in [6, 6.07) is 13.3. The number of halogens is 3. The molecule has 10 nitrogen and oxygen atoms in total. The predicted molar refractivity (Wildman–Crippen MR) is 155 cm³/mol. The van der Waals surface area contributed by atoms with E-state index in [2.05, 4.69) is 20.6 Å². The van der Waals surface area contributed by atoms with Gasteiger partial charge < -0.3 is 20.4 Å². The van der Waals surface area contributed by atoms with Gasteiger partial charge in [-0.05, 0) is 42.0 Å². The number of nitrogens with one attached hydrogen (secondary N) is 2. The quantitative estimate of drug-likeness (QED) is 0.308. The predicted octanol–water partition coefficient (Wildman–Crippen LogP) is 5.05. The van der Waals surface area contributed by atoms with Crippen molar-refractivity contribution in [3.05, 3.63) is 94.1 Å². The number of benzene rings is 2. The second kappa shape index (κ2) is 12.5. The summed E-state index contributed by atoms with van der Waals surface area (Å²) >= 11 is 18.1. The van der Waals surface area contributed by atoms with Crippen LogP contribution >= 0.6 is 34.8 Å². The fraction of sp³-hybridized carbons (Fsp3) is 0.222. The van der Waals surface area contributed by atoms with Crippen LogP contribution in [0.5, 0.6) is 0 Å². The Morgan fingerprint density at radius 3 is 2.55 bits per heavy atom. The summed E-state index contributed by atoms with van der Waals surface area (Å²) < 4.78 is 1.71. The molecule has 1 fully saturated rings. The molecule has 1 atom stereocenters. The molecule has 1 saturated heterocycles.